The molecular weight excluding hydrogens is 486 g/mol. The van der Waals surface area contributed by atoms with Crippen LogP contribution in [0.1, 0.15) is 77.3 Å². The molecule has 0 saturated heterocycles. The van der Waals surface area contributed by atoms with E-state index in [0.29, 0.717) is 38.6 Å². The first-order valence-electron chi connectivity index (χ1n) is 14.7. The van der Waals surface area contributed by atoms with E-state index in [4.69, 9.17) is 4.74 Å². The van der Waals surface area contributed by atoms with Gasteiger partial charge in [0.2, 0.25) is 11.8 Å². The molecule has 0 aliphatic rings. The molecule has 0 bridgehead atoms. The van der Waals surface area contributed by atoms with Gasteiger partial charge < -0.3 is 19.5 Å². The number of hydrogen-bond acceptors (Lipinski definition) is 3. The summed E-state index contributed by atoms with van der Waals surface area (Å²) in [5, 5.41) is 1.19. The van der Waals surface area contributed by atoms with Gasteiger partial charge in [0, 0.05) is 43.2 Å². The van der Waals surface area contributed by atoms with Crippen LogP contribution in [0.25, 0.3) is 10.9 Å². The van der Waals surface area contributed by atoms with Crippen molar-refractivity contribution in [3.05, 3.63) is 65.9 Å². The summed E-state index contributed by atoms with van der Waals surface area (Å²) in [6.07, 6.45) is 8.80. The molecule has 3 aromatic rings. The molecule has 1 heterocycles. The first kappa shape index (κ1) is 30.3. The highest BCUT2D eigenvalue weighted by Gasteiger charge is 2.22. The van der Waals surface area contributed by atoms with Crippen LogP contribution in [-0.2, 0) is 22.6 Å². The number of rotatable bonds is 17. The summed E-state index contributed by atoms with van der Waals surface area (Å²) in [7, 11) is 0. The van der Waals surface area contributed by atoms with E-state index in [1.807, 2.05) is 54.4 Å². The molecule has 212 valence electrons. The van der Waals surface area contributed by atoms with Crippen molar-refractivity contribution in [2.75, 3.05) is 26.2 Å². The highest BCUT2D eigenvalue weighted by atomic mass is 16.5. The number of benzene rings is 2. The molecule has 0 spiro atoms. The number of para-hydroxylation sites is 1. The number of ether oxygens (including phenoxy) is 1. The van der Waals surface area contributed by atoms with Gasteiger partial charge in [0.25, 0.3) is 0 Å². The van der Waals surface area contributed by atoms with Crippen LogP contribution in [0.4, 0.5) is 0 Å². The van der Waals surface area contributed by atoms with Gasteiger partial charge in [-0.05, 0) is 55.0 Å². The molecule has 1 aromatic heterocycles. The first-order valence-corrected chi connectivity index (χ1v) is 14.7. The van der Waals surface area contributed by atoms with Crippen LogP contribution in [0.5, 0.6) is 5.75 Å². The van der Waals surface area contributed by atoms with E-state index in [-0.39, 0.29) is 18.4 Å². The summed E-state index contributed by atoms with van der Waals surface area (Å²) >= 11 is 0. The smallest absolute Gasteiger partial charge is 0.242 e. The molecule has 0 aliphatic heterocycles. The monoisotopic (exact) mass is 533 g/mol. The molecular formula is C33H47N3O3. The van der Waals surface area contributed by atoms with Crippen molar-refractivity contribution >= 4 is 22.7 Å². The van der Waals surface area contributed by atoms with E-state index in [1.165, 1.54) is 23.8 Å². The summed E-state index contributed by atoms with van der Waals surface area (Å²) in [5.74, 6) is 1.20. The quantitative estimate of drug-likeness (QED) is 0.190. The number of hydrogen-bond donors (Lipinski definition) is 1. The van der Waals surface area contributed by atoms with E-state index in [2.05, 4.69) is 37.9 Å². The van der Waals surface area contributed by atoms with Gasteiger partial charge in [-0.15, -0.1) is 0 Å². The highest BCUT2D eigenvalue weighted by Crippen LogP contribution is 2.20. The standard InChI is InChI=1S/C33H47N3O3/c1-5-7-8-9-10-15-32(37)36(23-26(3)4)25-33(38)35(24-27-16-18-29(19-17-27)39-6-2)21-20-28-22-34-31-14-12-11-13-30(28)31/h11-14,16-19,22,26,34H,5-10,15,20-21,23-25H2,1-4H3. The summed E-state index contributed by atoms with van der Waals surface area (Å²) in [6, 6.07) is 16.2. The molecule has 39 heavy (non-hydrogen) atoms. The molecule has 6 nitrogen and oxygen atoms in total. The number of carbonyl (C=O) groups is 2. The molecule has 0 radical (unpaired) electrons. The second kappa shape index (κ2) is 16.0. The maximum Gasteiger partial charge on any atom is 0.242 e. The van der Waals surface area contributed by atoms with Gasteiger partial charge in [-0.1, -0.05) is 76.8 Å². The Bertz CT molecular complexity index is 1150. The van der Waals surface area contributed by atoms with Gasteiger partial charge in [0.15, 0.2) is 0 Å². The molecule has 1 N–H and O–H groups in total. The molecule has 2 aromatic carbocycles. The second-order valence-electron chi connectivity index (χ2n) is 10.8. The number of nitrogens with zero attached hydrogens (tertiary/aromatic N) is 2. The average Bonchev–Trinajstić information content (AvgIpc) is 3.34. The fraction of sp³-hybridized carbons (Fsp3) is 0.515. The summed E-state index contributed by atoms with van der Waals surface area (Å²) in [6.45, 7) is 10.8. The first-order chi connectivity index (χ1) is 18.9. The third kappa shape index (κ3) is 9.76. The van der Waals surface area contributed by atoms with E-state index >= 15 is 0 Å². The van der Waals surface area contributed by atoms with E-state index in [0.717, 1.165) is 42.5 Å². The SMILES string of the molecule is CCCCCCCC(=O)N(CC(=O)N(CCc1c[nH]c2ccccc12)Cc1ccc(OCC)cc1)CC(C)C. The Balaban J connectivity index is 1.72. The van der Waals surface area contributed by atoms with Crippen molar-refractivity contribution < 1.29 is 14.3 Å². The fourth-order valence-corrected chi connectivity index (χ4v) is 4.96. The lowest BCUT2D eigenvalue weighted by molar-refractivity contribution is -0.141. The zero-order chi connectivity index (χ0) is 28.0. The van der Waals surface area contributed by atoms with Crippen molar-refractivity contribution in [2.24, 2.45) is 5.92 Å². The number of aromatic nitrogens is 1. The molecule has 3 rings (SSSR count). The Kier molecular flexibility index (Phi) is 12.4. The maximum atomic E-state index is 13.8. The largest absolute Gasteiger partial charge is 0.494 e. The minimum absolute atomic E-state index is 0.0105. The molecule has 0 saturated carbocycles. The van der Waals surface area contributed by atoms with E-state index < -0.39 is 0 Å². The second-order valence-corrected chi connectivity index (χ2v) is 10.8. The minimum atomic E-state index is -0.0105. The zero-order valence-corrected chi connectivity index (χ0v) is 24.4. The summed E-state index contributed by atoms with van der Waals surface area (Å²) in [5.41, 5.74) is 3.34. The Morgan fingerprint density at radius 1 is 0.897 bits per heavy atom. The maximum absolute atomic E-state index is 13.8. The van der Waals surface area contributed by atoms with Crippen LogP contribution >= 0.6 is 0 Å². The number of amides is 2. The third-order valence-electron chi connectivity index (χ3n) is 7.05. The van der Waals surface area contributed by atoms with Crippen molar-refractivity contribution in [2.45, 2.75) is 79.2 Å². The fourth-order valence-electron chi connectivity index (χ4n) is 4.96. The van der Waals surface area contributed by atoms with E-state index in [1.54, 1.807) is 4.90 Å². The summed E-state index contributed by atoms with van der Waals surface area (Å²) in [4.78, 5) is 33.9. The van der Waals surface area contributed by atoms with Crippen LogP contribution in [0.2, 0.25) is 0 Å². The lowest BCUT2D eigenvalue weighted by Gasteiger charge is -2.29. The molecule has 0 atom stereocenters. The molecule has 0 unspecified atom stereocenters. The molecule has 0 aliphatic carbocycles. The van der Waals surface area contributed by atoms with Crippen molar-refractivity contribution in [1.82, 2.24) is 14.8 Å². The third-order valence-corrected chi connectivity index (χ3v) is 7.05. The number of unbranched alkanes of at least 4 members (excludes halogenated alkanes) is 4. The van der Waals surface area contributed by atoms with Crippen LogP contribution in [0.15, 0.2) is 54.7 Å². The van der Waals surface area contributed by atoms with Gasteiger partial charge in [-0.25, -0.2) is 0 Å². The Labute approximate surface area is 234 Å². The lowest BCUT2D eigenvalue weighted by Crippen LogP contribution is -2.44. The van der Waals surface area contributed by atoms with Crippen molar-refractivity contribution in [3.63, 3.8) is 0 Å². The Morgan fingerprint density at radius 3 is 2.36 bits per heavy atom. The number of carbonyl (C=O) groups excluding carboxylic acids is 2. The number of nitrogens with one attached hydrogen (secondary N) is 1. The molecule has 0 fully saturated rings. The Morgan fingerprint density at radius 2 is 1.64 bits per heavy atom. The average molecular weight is 534 g/mol. The topological polar surface area (TPSA) is 65.6 Å². The number of fused-ring (bicyclic) bond motifs is 1. The van der Waals surface area contributed by atoms with Crippen molar-refractivity contribution in [1.29, 1.82) is 0 Å². The van der Waals surface area contributed by atoms with Crippen LogP contribution in [0, 0.1) is 5.92 Å². The lowest BCUT2D eigenvalue weighted by atomic mass is 10.1. The van der Waals surface area contributed by atoms with Gasteiger partial charge >= 0.3 is 0 Å². The van der Waals surface area contributed by atoms with E-state index in [9.17, 15) is 9.59 Å². The molecule has 2 amide bonds. The number of aromatic amines is 1. The zero-order valence-electron chi connectivity index (χ0n) is 24.4. The van der Waals surface area contributed by atoms with Crippen LogP contribution in [0.3, 0.4) is 0 Å². The van der Waals surface area contributed by atoms with Gasteiger partial charge in [0.05, 0.1) is 13.2 Å². The minimum Gasteiger partial charge on any atom is -0.494 e. The predicted octanol–water partition coefficient (Wildman–Crippen LogP) is 6.98. The van der Waals surface area contributed by atoms with Gasteiger partial charge in [-0.3, -0.25) is 9.59 Å². The summed E-state index contributed by atoms with van der Waals surface area (Å²) < 4.78 is 5.59. The van der Waals surface area contributed by atoms with Crippen LogP contribution < -0.4 is 4.74 Å². The highest BCUT2D eigenvalue weighted by molar-refractivity contribution is 5.85. The van der Waals surface area contributed by atoms with Gasteiger partial charge in [0.1, 0.15) is 5.75 Å². The van der Waals surface area contributed by atoms with Gasteiger partial charge in [-0.2, -0.15) is 0 Å². The normalized spacial score (nSPS) is 11.2. The molecule has 6 heteroatoms. The predicted molar refractivity (Wildman–Crippen MR) is 160 cm³/mol. The van der Waals surface area contributed by atoms with Crippen LogP contribution in [-0.4, -0.2) is 52.8 Å². The number of H-pyrrole nitrogens is 1. The van der Waals surface area contributed by atoms with Crippen molar-refractivity contribution in [3.8, 4) is 5.75 Å². The Hall–Kier alpha value is -3.28.